The summed E-state index contributed by atoms with van der Waals surface area (Å²) in [6, 6.07) is 16.7. The van der Waals surface area contributed by atoms with Crippen LogP contribution in [0.3, 0.4) is 0 Å². The molecule has 4 nitrogen and oxygen atoms in total. The fourth-order valence-electron chi connectivity index (χ4n) is 4.42. The Balaban J connectivity index is 1.16. The molecule has 34 heavy (non-hydrogen) atoms. The van der Waals surface area contributed by atoms with Crippen molar-refractivity contribution in [2.24, 2.45) is 0 Å². The molecule has 0 aliphatic heterocycles. The highest BCUT2D eigenvalue weighted by atomic mass is 35.5. The van der Waals surface area contributed by atoms with Gasteiger partial charge in [0.2, 0.25) is 0 Å². The van der Waals surface area contributed by atoms with Gasteiger partial charge in [0.1, 0.15) is 0 Å². The number of anilines is 2. The van der Waals surface area contributed by atoms with E-state index in [1.807, 2.05) is 60.9 Å². The van der Waals surface area contributed by atoms with Crippen LogP contribution in [0.2, 0.25) is 10.0 Å². The normalized spacial score (nSPS) is 13.2. The number of halogens is 2. The lowest BCUT2D eigenvalue weighted by atomic mass is 10.0. The average Bonchev–Trinajstić information content (AvgIpc) is 2.81. The molecule has 0 aliphatic rings. The summed E-state index contributed by atoms with van der Waals surface area (Å²) in [4.78, 5) is 8.85. The van der Waals surface area contributed by atoms with E-state index in [4.69, 9.17) is 23.2 Å². The van der Waals surface area contributed by atoms with Crippen LogP contribution in [-0.2, 0) is 0 Å². The van der Waals surface area contributed by atoms with E-state index in [0.717, 1.165) is 46.0 Å². The Hall–Kier alpha value is -2.56. The molecule has 0 amide bonds. The van der Waals surface area contributed by atoms with Gasteiger partial charge >= 0.3 is 0 Å². The predicted octanol–water partition coefficient (Wildman–Crippen LogP) is 8.73. The quantitative estimate of drug-likeness (QED) is 0.204. The summed E-state index contributed by atoms with van der Waals surface area (Å²) < 4.78 is 0. The number of benzene rings is 2. The fourth-order valence-corrected chi connectivity index (χ4v) is 4.76. The number of rotatable bonds is 11. The van der Waals surface area contributed by atoms with Crippen LogP contribution in [0.4, 0.5) is 11.4 Å². The molecule has 2 unspecified atom stereocenters. The van der Waals surface area contributed by atoms with Crippen molar-refractivity contribution in [1.29, 1.82) is 0 Å². The monoisotopic (exact) mass is 494 g/mol. The van der Waals surface area contributed by atoms with Crippen molar-refractivity contribution in [3.05, 3.63) is 71.0 Å². The van der Waals surface area contributed by atoms with E-state index in [1.54, 1.807) is 0 Å². The molecule has 2 atom stereocenters. The molecule has 6 heteroatoms. The highest BCUT2D eigenvalue weighted by molar-refractivity contribution is 6.31. The van der Waals surface area contributed by atoms with E-state index in [9.17, 15) is 0 Å². The second kappa shape index (κ2) is 11.7. The number of pyridine rings is 2. The number of aromatic nitrogens is 2. The molecule has 0 spiro atoms. The van der Waals surface area contributed by atoms with Gasteiger partial charge in [-0.2, -0.15) is 0 Å². The van der Waals surface area contributed by atoms with E-state index in [-0.39, 0.29) is 0 Å². The molecule has 4 aromatic rings. The summed E-state index contributed by atoms with van der Waals surface area (Å²) >= 11 is 12.2. The summed E-state index contributed by atoms with van der Waals surface area (Å²) in [6.45, 7) is 4.50. The second-order valence-electron chi connectivity index (χ2n) is 9.12. The van der Waals surface area contributed by atoms with Crippen molar-refractivity contribution in [2.75, 3.05) is 10.6 Å². The molecule has 2 heterocycles. The summed E-state index contributed by atoms with van der Waals surface area (Å²) in [7, 11) is 0. The van der Waals surface area contributed by atoms with Crippen molar-refractivity contribution in [3.8, 4) is 0 Å². The Morgan fingerprint density at radius 2 is 1.09 bits per heavy atom. The lowest BCUT2D eigenvalue weighted by molar-refractivity contribution is 0.553. The van der Waals surface area contributed by atoms with Gasteiger partial charge in [-0.05, 0) is 75.2 Å². The van der Waals surface area contributed by atoms with Crippen LogP contribution in [0.1, 0.15) is 52.4 Å². The molecule has 0 saturated carbocycles. The van der Waals surface area contributed by atoms with Crippen molar-refractivity contribution in [1.82, 2.24) is 9.97 Å². The Kier molecular flexibility index (Phi) is 8.47. The maximum Gasteiger partial charge on any atom is 0.0737 e. The molecule has 178 valence electrons. The third-order valence-electron chi connectivity index (χ3n) is 6.24. The maximum absolute atomic E-state index is 6.10. The van der Waals surface area contributed by atoms with Gasteiger partial charge in [-0.15, -0.1) is 0 Å². The third kappa shape index (κ3) is 6.52. The highest BCUT2D eigenvalue weighted by Gasteiger charge is 2.08. The maximum atomic E-state index is 6.10. The van der Waals surface area contributed by atoms with Crippen molar-refractivity contribution >= 4 is 56.4 Å². The molecule has 0 aliphatic carbocycles. The summed E-state index contributed by atoms with van der Waals surface area (Å²) in [5.41, 5.74) is 4.10. The lowest BCUT2D eigenvalue weighted by Gasteiger charge is -2.18. The summed E-state index contributed by atoms with van der Waals surface area (Å²) in [6.07, 6.45) is 10.9. The van der Waals surface area contributed by atoms with Crippen LogP contribution >= 0.6 is 23.2 Å². The molecule has 2 aromatic heterocycles. The lowest BCUT2D eigenvalue weighted by Crippen LogP contribution is -2.16. The number of hydrogen-bond acceptors (Lipinski definition) is 4. The number of hydrogen-bond donors (Lipinski definition) is 2. The SMILES string of the molecule is CC(CCCCCCC(C)Nc1ccnc2cc(Cl)ccc12)Nc1ccnc2cc(Cl)ccc12. The van der Waals surface area contributed by atoms with E-state index < -0.39 is 0 Å². The number of nitrogens with one attached hydrogen (secondary N) is 2. The van der Waals surface area contributed by atoms with Crippen LogP contribution in [-0.4, -0.2) is 22.1 Å². The minimum Gasteiger partial charge on any atom is -0.382 e. The van der Waals surface area contributed by atoms with Crippen LogP contribution in [0.25, 0.3) is 21.8 Å². The molecular formula is C28H32Cl2N4. The third-order valence-corrected chi connectivity index (χ3v) is 6.71. The van der Waals surface area contributed by atoms with Gasteiger partial charge in [0.15, 0.2) is 0 Å². The van der Waals surface area contributed by atoms with Gasteiger partial charge < -0.3 is 10.6 Å². The van der Waals surface area contributed by atoms with Gasteiger partial charge in [0, 0.05) is 56.7 Å². The first kappa shape index (κ1) is 24.6. The zero-order valence-corrected chi connectivity index (χ0v) is 21.3. The topological polar surface area (TPSA) is 49.8 Å². The van der Waals surface area contributed by atoms with Gasteiger partial charge in [0.05, 0.1) is 11.0 Å². The Morgan fingerprint density at radius 1 is 0.647 bits per heavy atom. The smallest absolute Gasteiger partial charge is 0.0737 e. The first-order valence-electron chi connectivity index (χ1n) is 12.1. The van der Waals surface area contributed by atoms with Crippen LogP contribution in [0, 0.1) is 0 Å². The van der Waals surface area contributed by atoms with Crippen LogP contribution < -0.4 is 10.6 Å². The summed E-state index contributed by atoms with van der Waals surface area (Å²) in [5, 5.41) is 11.0. The molecule has 0 fully saturated rings. The number of nitrogens with zero attached hydrogens (tertiary/aromatic N) is 2. The predicted molar refractivity (Wildman–Crippen MR) is 147 cm³/mol. The number of unbranched alkanes of at least 4 members (excludes halogenated alkanes) is 3. The number of fused-ring (bicyclic) bond motifs is 2. The minimum absolute atomic E-state index is 0.412. The van der Waals surface area contributed by atoms with Gasteiger partial charge in [-0.25, -0.2) is 0 Å². The second-order valence-corrected chi connectivity index (χ2v) is 10.00. The first-order chi connectivity index (χ1) is 16.5. The zero-order chi connectivity index (χ0) is 23.9. The molecule has 0 saturated heterocycles. The van der Waals surface area contributed by atoms with Crippen molar-refractivity contribution in [3.63, 3.8) is 0 Å². The van der Waals surface area contributed by atoms with E-state index in [1.165, 1.54) is 25.7 Å². The standard InChI is InChI=1S/C28H32Cl2N4/c1-19(33-25-13-15-31-27-17-21(29)9-11-23(25)27)7-5-3-4-6-8-20(2)34-26-14-16-32-28-18-22(30)10-12-24(26)28/h9-20H,3-8H2,1-2H3,(H,31,33)(H,32,34). The average molecular weight is 495 g/mol. The van der Waals surface area contributed by atoms with Gasteiger partial charge in [-0.3, -0.25) is 9.97 Å². The molecule has 0 radical (unpaired) electrons. The van der Waals surface area contributed by atoms with Gasteiger partial charge in [0.25, 0.3) is 0 Å². The largest absolute Gasteiger partial charge is 0.382 e. The Bertz CT molecular complexity index is 1150. The van der Waals surface area contributed by atoms with Crippen LogP contribution in [0.15, 0.2) is 60.9 Å². The molecule has 0 bridgehead atoms. The van der Waals surface area contributed by atoms with E-state index in [0.29, 0.717) is 22.1 Å². The Labute approximate surface area is 212 Å². The molecule has 2 aromatic carbocycles. The fraction of sp³-hybridized carbons (Fsp3) is 0.357. The van der Waals surface area contributed by atoms with Gasteiger partial charge in [-0.1, -0.05) is 48.9 Å². The highest BCUT2D eigenvalue weighted by Crippen LogP contribution is 2.27. The molecule has 2 N–H and O–H groups in total. The van der Waals surface area contributed by atoms with Crippen molar-refractivity contribution in [2.45, 2.75) is 64.5 Å². The first-order valence-corrected chi connectivity index (χ1v) is 12.9. The molecular weight excluding hydrogens is 463 g/mol. The van der Waals surface area contributed by atoms with E-state index >= 15 is 0 Å². The molecule has 4 rings (SSSR count). The zero-order valence-electron chi connectivity index (χ0n) is 19.8. The Morgan fingerprint density at radius 3 is 1.53 bits per heavy atom. The minimum atomic E-state index is 0.412. The van der Waals surface area contributed by atoms with E-state index in [2.05, 4.69) is 34.4 Å². The van der Waals surface area contributed by atoms with Crippen LogP contribution in [0.5, 0.6) is 0 Å². The van der Waals surface area contributed by atoms with Crippen molar-refractivity contribution < 1.29 is 0 Å². The summed E-state index contributed by atoms with van der Waals surface area (Å²) in [5.74, 6) is 0.